The lowest BCUT2D eigenvalue weighted by Crippen LogP contribution is -2.53. The van der Waals surface area contributed by atoms with Crippen LogP contribution in [-0.4, -0.2) is 53.7 Å². The summed E-state index contributed by atoms with van der Waals surface area (Å²) in [5.41, 5.74) is -0.528. The van der Waals surface area contributed by atoms with E-state index < -0.39 is 23.5 Å². The molecule has 0 radical (unpaired) electrons. The molecular weight excluding hydrogens is 258 g/mol. The lowest BCUT2D eigenvalue weighted by Gasteiger charge is -2.29. The first-order valence-electron chi connectivity index (χ1n) is 7.12. The van der Waals surface area contributed by atoms with E-state index in [0.29, 0.717) is 12.6 Å². The largest absolute Gasteiger partial charge is 0.480 e. The van der Waals surface area contributed by atoms with Crippen molar-refractivity contribution in [3.8, 4) is 0 Å². The van der Waals surface area contributed by atoms with Gasteiger partial charge in [-0.05, 0) is 32.2 Å². The molecule has 6 nitrogen and oxygen atoms in total. The van der Waals surface area contributed by atoms with Gasteiger partial charge in [-0.1, -0.05) is 20.8 Å². The normalized spacial score (nSPS) is 18.5. The summed E-state index contributed by atoms with van der Waals surface area (Å²) in [5, 5.41) is 14.4. The van der Waals surface area contributed by atoms with Crippen molar-refractivity contribution < 1.29 is 14.7 Å². The van der Waals surface area contributed by atoms with Crippen LogP contribution in [-0.2, 0) is 4.79 Å². The van der Waals surface area contributed by atoms with Gasteiger partial charge in [0.15, 0.2) is 0 Å². The Hall–Kier alpha value is -1.30. The van der Waals surface area contributed by atoms with E-state index >= 15 is 0 Å². The van der Waals surface area contributed by atoms with Gasteiger partial charge in [-0.3, -0.25) is 4.90 Å². The van der Waals surface area contributed by atoms with Crippen LogP contribution in [0.4, 0.5) is 4.79 Å². The van der Waals surface area contributed by atoms with Crippen molar-refractivity contribution in [1.82, 2.24) is 15.5 Å². The van der Waals surface area contributed by atoms with Gasteiger partial charge >= 0.3 is 12.0 Å². The van der Waals surface area contributed by atoms with Gasteiger partial charge in [0.2, 0.25) is 0 Å². The van der Waals surface area contributed by atoms with Crippen molar-refractivity contribution in [2.75, 3.05) is 13.6 Å². The molecule has 20 heavy (non-hydrogen) atoms. The van der Waals surface area contributed by atoms with Gasteiger partial charge < -0.3 is 15.7 Å². The van der Waals surface area contributed by atoms with Crippen molar-refractivity contribution in [3.63, 3.8) is 0 Å². The Morgan fingerprint density at radius 1 is 1.35 bits per heavy atom. The third-order valence-corrected chi connectivity index (χ3v) is 3.76. The van der Waals surface area contributed by atoms with E-state index in [2.05, 4.69) is 29.5 Å². The van der Waals surface area contributed by atoms with Crippen LogP contribution < -0.4 is 10.6 Å². The number of carboxylic acids is 1. The Balaban J connectivity index is 2.40. The predicted octanol–water partition coefficient (Wildman–Crippen LogP) is 1.27. The minimum Gasteiger partial charge on any atom is -0.480 e. The predicted molar refractivity (Wildman–Crippen MR) is 77.7 cm³/mol. The molecule has 1 fully saturated rings. The number of carbonyl (C=O) groups excluding carboxylic acids is 1. The van der Waals surface area contributed by atoms with Gasteiger partial charge in [-0.2, -0.15) is 0 Å². The van der Waals surface area contributed by atoms with Crippen molar-refractivity contribution in [2.45, 2.75) is 58.7 Å². The number of likely N-dealkylation sites (N-methyl/N-ethyl adjacent to an activating group) is 1. The molecule has 1 saturated carbocycles. The number of aliphatic carboxylic acids is 1. The van der Waals surface area contributed by atoms with Gasteiger partial charge in [0.05, 0.1) is 0 Å². The Morgan fingerprint density at radius 3 is 2.30 bits per heavy atom. The highest BCUT2D eigenvalue weighted by Crippen LogP contribution is 2.26. The number of carbonyl (C=O) groups is 2. The summed E-state index contributed by atoms with van der Waals surface area (Å²) >= 11 is 0. The second-order valence-electron chi connectivity index (χ2n) is 6.74. The van der Waals surface area contributed by atoms with Crippen LogP contribution in [0.1, 0.15) is 40.5 Å². The highest BCUT2D eigenvalue weighted by Gasteiger charge is 2.33. The molecule has 2 unspecified atom stereocenters. The van der Waals surface area contributed by atoms with Crippen molar-refractivity contribution in [2.24, 2.45) is 5.41 Å². The highest BCUT2D eigenvalue weighted by molar-refractivity contribution is 5.83. The molecule has 2 amide bonds. The van der Waals surface area contributed by atoms with Crippen LogP contribution >= 0.6 is 0 Å². The molecule has 6 heteroatoms. The minimum atomic E-state index is -1.02. The van der Waals surface area contributed by atoms with E-state index in [4.69, 9.17) is 5.11 Å². The van der Waals surface area contributed by atoms with Crippen LogP contribution in [0.25, 0.3) is 0 Å². The van der Waals surface area contributed by atoms with E-state index in [1.54, 1.807) is 20.8 Å². The molecular formula is C14H27N3O3. The molecule has 0 aliphatic heterocycles. The molecule has 2 atom stereocenters. The van der Waals surface area contributed by atoms with Gasteiger partial charge in [0, 0.05) is 18.6 Å². The van der Waals surface area contributed by atoms with E-state index in [9.17, 15) is 9.59 Å². The summed E-state index contributed by atoms with van der Waals surface area (Å²) in [6.07, 6.45) is 2.44. The number of hydrogen-bond donors (Lipinski definition) is 3. The fourth-order valence-corrected chi connectivity index (χ4v) is 2.06. The molecule has 116 valence electrons. The first-order chi connectivity index (χ1) is 9.12. The molecule has 0 saturated heterocycles. The number of urea groups is 1. The van der Waals surface area contributed by atoms with Crippen LogP contribution in [0.15, 0.2) is 0 Å². The zero-order valence-corrected chi connectivity index (χ0v) is 13.1. The second-order valence-corrected chi connectivity index (χ2v) is 6.74. The van der Waals surface area contributed by atoms with Gasteiger partial charge in [-0.15, -0.1) is 0 Å². The lowest BCUT2D eigenvalue weighted by molar-refractivity contribution is -0.141. The van der Waals surface area contributed by atoms with Crippen LogP contribution in [0.3, 0.4) is 0 Å². The first kappa shape index (κ1) is 16.8. The molecule has 0 aromatic heterocycles. The quantitative estimate of drug-likeness (QED) is 0.686. The smallest absolute Gasteiger partial charge is 0.326 e. The summed E-state index contributed by atoms with van der Waals surface area (Å²) in [5.74, 6) is -1.02. The third kappa shape index (κ3) is 5.00. The lowest BCUT2D eigenvalue weighted by atomic mass is 9.87. The number of nitrogens with zero attached hydrogens (tertiary/aromatic N) is 1. The number of nitrogens with one attached hydrogen (secondary N) is 2. The molecule has 1 rings (SSSR count). The van der Waals surface area contributed by atoms with E-state index in [0.717, 1.165) is 0 Å². The molecule has 1 aliphatic rings. The Labute approximate surface area is 120 Å². The molecule has 0 bridgehead atoms. The van der Waals surface area contributed by atoms with Gasteiger partial charge in [0.25, 0.3) is 0 Å². The number of amides is 2. The molecule has 0 aromatic carbocycles. The van der Waals surface area contributed by atoms with Gasteiger partial charge in [-0.25, -0.2) is 9.59 Å². The van der Waals surface area contributed by atoms with E-state index in [1.807, 2.05) is 0 Å². The highest BCUT2D eigenvalue weighted by atomic mass is 16.4. The SMILES string of the molecule is CC(CNC(=O)NC(C(=O)O)C(C)(C)C)N(C)C1CC1. The van der Waals surface area contributed by atoms with Crippen molar-refractivity contribution >= 4 is 12.0 Å². The van der Waals surface area contributed by atoms with Crippen molar-refractivity contribution in [1.29, 1.82) is 0 Å². The minimum absolute atomic E-state index is 0.242. The van der Waals surface area contributed by atoms with E-state index in [1.165, 1.54) is 12.8 Å². The molecule has 0 heterocycles. The third-order valence-electron chi connectivity index (χ3n) is 3.76. The fraction of sp³-hybridized carbons (Fsp3) is 0.857. The standard InChI is InChI=1S/C14H27N3O3/c1-9(17(5)10-6-7-10)8-15-13(20)16-11(12(18)19)14(2,3)4/h9-11H,6-8H2,1-5H3,(H,18,19)(H2,15,16,20). The second kappa shape index (κ2) is 6.43. The summed E-state index contributed by atoms with van der Waals surface area (Å²) in [4.78, 5) is 25.2. The zero-order valence-electron chi connectivity index (χ0n) is 13.1. The molecule has 1 aliphatic carbocycles. The average molecular weight is 285 g/mol. The van der Waals surface area contributed by atoms with Gasteiger partial charge in [0.1, 0.15) is 6.04 Å². The fourth-order valence-electron chi connectivity index (χ4n) is 2.06. The summed E-state index contributed by atoms with van der Waals surface area (Å²) in [7, 11) is 2.05. The summed E-state index contributed by atoms with van der Waals surface area (Å²) < 4.78 is 0. The van der Waals surface area contributed by atoms with Crippen LogP contribution in [0, 0.1) is 5.41 Å². The maximum Gasteiger partial charge on any atom is 0.326 e. The maximum atomic E-state index is 11.8. The summed E-state index contributed by atoms with van der Waals surface area (Å²) in [6.45, 7) is 7.92. The number of hydrogen-bond acceptors (Lipinski definition) is 3. The number of carboxylic acid groups (broad SMARTS) is 1. The molecule has 0 spiro atoms. The molecule has 3 N–H and O–H groups in total. The Morgan fingerprint density at radius 2 is 1.90 bits per heavy atom. The van der Waals surface area contributed by atoms with Crippen LogP contribution in [0.2, 0.25) is 0 Å². The average Bonchev–Trinajstić information content (AvgIpc) is 3.14. The van der Waals surface area contributed by atoms with Crippen molar-refractivity contribution in [3.05, 3.63) is 0 Å². The first-order valence-corrected chi connectivity index (χ1v) is 7.12. The zero-order chi connectivity index (χ0) is 15.5. The summed E-state index contributed by atoms with van der Waals surface area (Å²) in [6, 6.07) is -0.454. The van der Waals surface area contributed by atoms with Crippen LogP contribution in [0.5, 0.6) is 0 Å². The Bertz CT molecular complexity index is 361. The number of rotatable bonds is 6. The van der Waals surface area contributed by atoms with E-state index in [-0.39, 0.29) is 6.04 Å². The topological polar surface area (TPSA) is 81.7 Å². The monoisotopic (exact) mass is 285 g/mol. The maximum absolute atomic E-state index is 11.8. The Kier molecular flexibility index (Phi) is 5.39. The molecule has 0 aromatic rings.